The number of primary amides is 1. The number of carbonyl (C=O) groups is 2. The molecule has 0 aromatic heterocycles. The molecule has 0 aromatic rings. The van der Waals surface area contributed by atoms with Gasteiger partial charge in [-0.15, -0.1) is 0 Å². The minimum Gasteiger partial charge on any atom is -0.436 e. The number of aldehydes is 1. The van der Waals surface area contributed by atoms with E-state index in [1.54, 1.807) is 0 Å². The van der Waals surface area contributed by atoms with Crippen molar-refractivity contribution >= 4 is 12.4 Å². The lowest BCUT2D eigenvalue weighted by Gasteiger charge is -2.07. The van der Waals surface area contributed by atoms with E-state index in [1.165, 1.54) is 7.11 Å². The van der Waals surface area contributed by atoms with Crippen LogP contribution < -0.4 is 5.73 Å². The number of rotatable bonds is 4. The topological polar surface area (TPSA) is 78.6 Å². The highest BCUT2D eigenvalue weighted by atomic mass is 16.6. The number of methoxy groups -OCH3 is 1. The minimum atomic E-state index is -0.978. The fourth-order valence-electron chi connectivity index (χ4n) is 0.415. The zero-order valence-electron chi connectivity index (χ0n) is 5.57. The predicted octanol–water partition coefficient (Wildman–Crippen LogP) is -0.704. The number of hydrogen-bond acceptors (Lipinski definition) is 4. The van der Waals surface area contributed by atoms with Crippen LogP contribution in [0.25, 0.3) is 0 Å². The maximum atomic E-state index is 10.0. The van der Waals surface area contributed by atoms with Crippen molar-refractivity contribution in [2.45, 2.75) is 6.10 Å². The van der Waals surface area contributed by atoms with Gasteiger partial charge in [-0.05, 0) is 0 Å². The quantitative estimate of drug-likeness (QED) is 0.533. The van der Waals surface area contributed by atoms with Gasteiger partial charge in [0.2, 0.25) is 0 Å². The maximum absolute atomic E-state index is 10.0. The van der Waals surface area contributed by atoms with Crippen molar-refractivity contribution in [1.29, 1.82) is 0 Å². The van der Waals surface area contributed by atoms with E-state index in [9.17, 15) is 9.59 Å². The third kappa shape index (κ3) is 3.85. The third-order valence-corrected chi connectivity index (χ3v) is 0.750. The lowest BCUT2D eigenvalue weighted by molar-refractivity contribution is -0.117. The van der Waals surface area contributed by atoms with Crippen LogP contribution >= 0.6 is 0 Å². The monoisotopic (exact) mass is 147 g/mol. The van der Waals surface area contributed by atoms with Crippen molar-refractivity contribution in [3.8, 4) is 0 Å². The molecular weight excluding hydrogens is 138 g/mol. The number of ether oxygens (including phenoxy) is 2. The first-order chi connectivity index (χ1) is 4.70. The number of hydrogen-bond donors (Lipinski definition) is 1. The molecule has 0 rings (SSSR count). The fourth-order valence-corrected chi connectivity index (χ4v) is 0.415. The summed E-state index contributed by atoms with van der Waals surface area (Å²) >= 11 is 0. The Hall–Kier alpha value is -1.10. The Morgan fingerprint density at radius 2 is 2.40 bits per heavy atom. The molecule has 2 N–H and O–H groups in total. The highest BCUT2D eigenvalue weighted by Gasteiger charge is 2.09. The van der Waals surface area contributed by atoms with Crippen LogP contribution in [0, 0.1) is 0 Å². The summed E-state index contributed by atoms with van der Waals surface area (Å²) in [5.74, 6) is 0. The second-order valence-corrected chi connectivity index (χ2v) is 1.57. The second kappa shape index (κ2) is 4.75. The Labute approximate surface area is 58.1 Å². The average Bonchev–Trinajstić information content (AvgIpc) is 1.86. The normalized spacial score (nSPS) is 12.1. The van der Waals surface area contributed by atoms with Gasteiger partial charge in [-0.1, -0.05) is 0 Å². The summed E-state index contributed by atoms with van der Waals surface area (Å²) in [5, 5.41) is 0. The number of amides is 1. The Bertz CT molecular complexity index is 125. The van der Waals surface area contributed by atoms with E-state index in [0.717, 1.165) is 0 Å². The summed E-state index contributed by atoms with van der Waals surface area (Å²) in [4.78, 5) is 20.0. The van der Waals surface area contributed by atoms with E-state index in [-0.39, 0.29) is 6.61 Å². The second-order valence-electron chi connectivity index (χ2n) is 1.57. The summed E-state index contributed by atoms with van der Waals surface area (Å²) in [7, 11) is 1.39. The van der Waals surface area contributed by atoms with Crippen LogP contribution in [-0.4, -0.2) is 32.2 Å². The van der Waals surface area contributed by atoms with Crippen molar-refractivity contribution in [2.24, 2.45) is 5.73 Å². The molecule has 10 heavy (non-hydrogen) atoms. The maximum Gasteiger partial charge on any atom is 0.405 e. The van der Waals surface area contributed by atoms with Gasteiger partial charge in [0.1, 0.15) is 0 Å². The lowest BCUT2D eigenvalue weighted by Crippen LogP contribution is -2.27. The molecular formula is C5H9NO4. The highest BCUT2D eigenvalue weighted by Crippen LogP contribution is 1.87. The fraction of sp³-hybridized carbons (Fsp3) is 0.600. The van der Waals surface area contributed by atoms with Crippen molar-refractivity contribution in [2.75, 3.05) is 13.7 Å². The summed E-state index contributed by atoms with van der Waals surface area (Å²) in [6.45, 7) is 0.0342. The van der Waals surface area contributed by atoms with Gasteiger partial charge < -0.3 is 15.2 Å². The van der Waals surface area contributed by atoms with Crippen LogP contribution in [0.3, 0.4) is 0 Å². The standard InChI is InChI=1S/C5H9NO4/c1-9-3-4(2-7)10-5(6)8/h2,4H,3H2,1H3,(H2,6,8)/t4-/m1/s1. The lowest BCUT2D eigenvalue weighted by atomic mass is 10.4. The first-order valence-corrected chi connectivity index (χ1v) is 2.61. The number of carbonyl (C=O) groups excluding carboxylic acids is 2. The molecule has 0 aliphatic rings. The Morgan fingerprint density at radius 3 is 2.70 bits per heavy atom. The van der Waals surface area contributed by atoms with Crippen molar-refractivity contribution < 1.29 is 19.1 Å². The molecule has 5 nitrogen and oxygen atoms in total. The molecule has 0 saturated heterocycles. The van der Waals surface area contributed by atoms with Crippen molar-refractivity contribution in [1.82, 2.24) is 0 Å². The Balaban J connectivity index is 3.59. The molecule has 0 aliphatic carbocycles. The zero-order valence-corrected chi connectivity index (χ0v) is 5.57. The highest BCUT2D eigenvalue weighted by molar-refractivity contribution is 5.69. The van der Waals surface area contributed by atoms with Gasteiger partial charge in [0, 0.05) is 7.11 Å². The van der Waals surface area contributed by atoms with Gasteiger partial charge in [-0.3, -0.25) is 4.79 Å². The van der Waals surface area contributed by atoms with Gasteiger partial charge in [0.15, 0.2) is 12.4 Å². The van der Waals surface area contributed by atoms with E-state index in [0.29, 0.717) is 6.29 Å². The summed E-state index contributed by atoms with van der Waals surface area (Å²) in [5.41, 5.74) is 4.62. The molecule has 0 spiro atoms. The van der Waals surface area contributed by atoms with Crippen LogP contribution in [0.2, 0.25) is 0 Å². The van der Waals surface area contributed by atoms with E-state index >= 15 is 0 Å². The average molecular weight is 147 g/mol. The van der Waals surface area contributed by atoms with Gasteiger partial charge in [0.25, 0.3) is 0 Å². The molecule has 0 unspecified atom stereocenters. The molecule has 0 aromatic carbocycles. The predicted molar refractivity (Wildman–Crippen MR) is 32.4 cm³/mol. The summed E-state index contributed by atoms with van der Waals surface area (Å²) in [6, 6.07) is 0. The largest absolute Gasteiger partial charge is 0.436 e. The molecule has 1 amide bonds. The molecule has 5 heteroatoms. The van der Waals surface area contributed by atoms with Crippen LogP contribution in [-0.2, 0) is 14.3 Å². The summed E-state index contributed by atoms with van der Waals surface area (Å²) < 4.78 is 8.82. The summed E-state index contributed by atoms with van der Waals surface area (Å²) in [6.07, 6.45) is -1.41. The number of nitrogens with two attached hydrogens (primary N) is 1. The van der Waals surface area contributed by atoms with Crippen molar-refractivity contribution in [3.63, 3.8) is 0 Å². The molecule has 0 fully saturated rings. The molecule has 0 bridgehead atoms. The van der Waals surface area contributed by atoms with E-state index in [1.807, 2.05) is 0 Å². The SMILES string of the molecule is COC[C@@H](C=O)OC(N)=O. The smallest absolute Gasteiger partial charge is 0.405 e. The first kappa shape index (κ1) is 8.90. The molecule has 1 atom stereocenters. The molecule has 58 valence electrons. The Morgan fingerprint density at radius 1 is 1.80 bits per heavy atom. The molecule has 0 aliphatic heterocycles. The van der Waals surface area contributed by atoms with Gasteiger partial charge in [0.05, 0.1) is 6.61 Å². The first-order valence-electron chi connectivity index (χ1n) is 2.61. The van der Waals surface area contributed by atoms with E-state index in [2.05, 4.69) is 15.2 Å². The van der Waals surface area contributed by atoms with Crippen LogP contribution in [0.5, 0.6) is 0 Å². The minimum absolute atomic E-state index is 0.0342. The Kier molecular flexibility index (Phi) is 4.23. The molecule has 0 saturated carbocycles. The van der Waals surface area contributed by atoms with E-state index in [4.69, 9.17) is 0 Å². The van der Waals surface area contributed by atoms with Crippen LogP contribution in [0.4, 0.5) is 4.79 Å². The van der Waals surface area contributed by atoms with Gasteiger partial charge in [-0.2, -0.15) is 0 Å². The zero-order chi connectivity index (χ0) is 7.98. The van der Waals surface area contributed by atoms with Gasteiger partial charge >= 0.3 is 6.09 Å². The third-order valence-electron chi connectivity index (χ3n) is 0.750. The molecule has 0 radical (unpaired) electrons. The van der Waals surface area contributed by atoms with Crippen LogP contribution in [0.1, 0.15) is 0 Å². The van der Waals surface area contributed by atoms with Crippen molar-refractivity contribution in [3.05, 3.63) is 0 Å². The van der Waals surface area contributed by atoms with Crippen LogP contribution in [0.15, 0.2) is 0 Å². The van der Waals surface area contributed by atoms with Gasteiger partial charge in [-0.25, -0.2) is 4.79 Å². The van der Waals surface area contributed by atoms with E-state index < -0.39 is 12.2 Å². The molecule has 0 heterocycles.